The number of carbonyl (C=O) groups excluding carboxylic acids is 5. The van der Waals surface area contributed by atoms with Gasteiger partial charge in [-0.15, -0.1) is 0 Å². The number of rotatable bonds is 19. The van der Waals surface area contributed by atoms with Gasteiger partial charge in [0.1, 0.15) is 29.0 Å². The van der Waals surface area contributed by atoms with Crippen molar-refractivity contribution in [3.05, 3.63) is 34.6 Å². The van der Waals surface area contributed by atoms with Gasteiger partial charge < -0.3 is 67.8 Å². The van der Waals surface area contributed by atoms with Gasteiger partial charge in [0.05, 0.1) is 47.3 Å². The van der Waals surface area contributed by atoms with Gasteiger partial charge in [0.15, 0.2) is 29.9 Å². The molecule has 21 atom stereocenters. The highest BCUT2D eigenvalue weighted by atomic mass is 16.7. The number of aliphatic hydroxyl groups is 3. The van der Waals surface area contributed by atoms with Crippen LogP contribution >= 0.6 is 0 Å². The quantitative estimate of drug-likeness (QED) is 0.0620. The number of ketones is 3. The van der Waals surface area contributed by atoms with Crippen LogP contribution < -0.4 is 0 Å². The molecular formula is C66H116N2O17. The third-order valence-electron chi connectivity index (χ3n) is 18.4. The third-order valence-corrected chi connectivity index (χ3v) is 18.4. The number of aliphatic hydroxyl groups excluding tert-OH is 1. The summed E-state index contributed by atoms with van der Waals surface area (Å²) >= 11 is 0. The molecule has 4 aliphatic rings. The summed E-state index contributed by atoms with van der Waals surface area (Å²) in [7, 11) is 11.3. The number of Topliss-reactive ketones (excluding diaryl/α,β-unsaturated/α-hetero) is 3. The average molecular weight is 1210 g/mol. The molecule has 492 valence electrons. The van der Waals surface area contributed by atoms with Crippen LogP contribution in [0.25, 0.3) is 0 Å². The molecule has 0 aromatic carbocycles. The standard InChI is InChI=1S/C34H59NO9.C31H53NO8.CH4/c1-15-26(36)33(10,39)17-19(2)27(37)20(3)18-34(11,40-14)29(23(6)28-24(7)30(38)44-32(8,9)43-28)42-31-22(5)25(35(12)13)16-21(4)41-31;1-13-24-30(8,36)15-17(2)25(33)18(3)16-31(9,37-12)27(21(6)26(34)22(7)28(35)39-24)40-29-20(5)23(32(10)11)14-19(4)38-29;/h17,20-23,25-26,29,31,36,39H,15-16,18H2,1-14H3;15,18-24,27,29,36H,13-14,16H2,1-12H3;1H4/b19-17+;17-15+;/t20-,21?,22?,23+,25?,26-,29-,31?,33+,34-;18-,19?,20?,21+,22-,23?,24-,27-,29?,30+,31-;/m11./s1. The predicted octanol–water partition coefficient (Wildman–Crippen LogP) is 9.34. The van der Waals surface area contributed by atoms with Crippen molar-refractivity contribution in [3.63, 3.8) is 0 Å². The van der Waals surface area contributed by atoms with E-state index >= 15 is 0 Å². The average Bonchev–Trinajstić information content (AvgIpc) is 1.83. The number of hydrogen-bond acceptors (Lipinski definition) is 19. The highest BCUT2D eigenvalue weighted by molar-refractivity contribution is 6.00. The second-order valence-electron chi connectivity index (χ2n) is 26.9. The van der Waals surface area contributed by atoms with Crippen LogP contribution in [0, 0.1) is 41.4 Å². The Morgan fingerprint density at radius 1 is 0.859 bits per heavy atom. The van der Waals surface area contributed by atoms with Crippen molar-refractivity contribution in [2.24, 2.45) is 41.4 Å². The molecule has 2 fully saturated rings. The number of cyclic esters (lactones) is 2. The SMILES string of the molecule is C.CC[C@@H](O)[C@@](C)(O)/C=C(\C)C(=O)[C@H](C)C[C@@](C)(OC)[C@H](OC1OC(C)CC(N(C)C)C1C)[C@@H](C)C1=C(C)C(=O)OC(C)(C)O1.CC[C@H]1OC(=O)[C@H](C)C(=O)[C@H](C)[C@@H](OC2OC(C)CC(N(C)C)C2C)[C@](C)(OC)C[C@@H](C)C(=O)/C(C)=C/[C@]1(C)O. The van der Waals surface area contributed by atoms with Crippen LogP contribution in [0.3, 0.4) is 0 Å². The number of ether oxygens (including phenoxy) is 9. The first-order valence-corrected chi connectivity index (χ1v) is 30.5. The van der Waals surface area contributed by atoms with E-state index in [0.29, 0.717) is 35.3 Å². The Hall–Kier alpha value is -3.47. The van der Waals surface area contributed by atoms with Crippen molar-refractivity contribution in [1.29, 1.82) is 0 Å². The summed E-state index contributed by atoms with van der Waals surface area (Å²) in [6, 6.07) is 0.418. The highest BCUT2D eigenvalue weighted by Crippen LogP contribution is 2.43. The number of esters is 2. The molecule has 4 aliphatic heterocycles. The van der Waals surface area contributed by atoms with Gasteiger partial charge in [-0.3, -0.25) is 19.2 Å². The Balaban J connectivity index is 0.000000576. The van der Waals surface area contributed by atoms with Gasteiger partial charge in [0.2, 0.25) is 5.79 Å². The molecule has 4 rings (SSSR count). The van der Waals surface area contributed by atoms with Crippen molar-refractivity contribution in [3.8, 4) is 0 Å². The van der Waals surface area contributed by atoms with E-state index in [1.54, 1.807) is 69.6 Å². The Bertz CT molecular complexity index is 2340. The molecule has 85 heavy (non-hydrogen) atoms. The van der Waals surface area contributed by atoms with E-state index in [2.05, 4.69) is 23.6 Å². The molecule has 8 unspecified atom stereocenters. The minimum atomic E-state index is -1.59. The van der Waals surface area contributed by atoms with E-state index < -0.39 is 107 Å². The molecule has 0 aromatic heterocycles. The van der Waals surface area contributed by atoms with Crippen molar-refractivity contribution in [1.82, 2.24) is 9.80 Å². The molecule has 4 heterocycles. The van der Waals surface area contributed by atoms with Gasteiger partial charge in [0.25, 0.3) is 0 Å². The van der Waals surface area contributed by atoms with Crippen LogP contribution in [0.15, 0.2) is 34.6 Å². The van der Waals surface area contributed by atoms with Crippen LogP contribution in [0.4, 0.5) is 0 Å². The lowest BCUT2D eigenvalue weighted by Gasteiger charge is -2.48. The van der Waals surface area contributed by atoms with E-state index in [1.807, 2.05) is 76.7 Å². The molecule has 0 radical (unpaired) electrons. The second-order valence-corrected chi connectivity index (χ2v) is 26.9. The van der Waals surface area contributed by atoms with Crippen LogP contribution in [0.5, 0.6) is 0 Å². The molecule has 0 bridgehead atoms. The maximum absolute atomic E-state index is 13.8. The lowest BCUT2D eigenvalue weighted by molar-refractivity contribution is -0.284. The summed E-state index contributed by atoms with van der Waals surface area (Å²) in [6.07, 6.45) is 0.958. The highest BCUT2D eigenvalue weighted by Gasteiger charge is 2.52. The van der Waals surface area contributed by atoms with Crippen LogP contribution in [-0.2, 0) is 66.6 Å². The third kappa shape index (κ3) is 19.3. The zero-order chi connectivity index (χ0) is 64.7. The molecular weight excluding hydrogens is 1090 g/mol. The van der Waals surface area contributed by atoms with Crippen LogP contribution in [0.1, 0.15) is 184 Å². The monoisotopic (exact) mass is 1210 g/mol. The molecule has 19 heteroatoms. The minimum absolute atomic E-state index is 0. The van der Waals surface area contributed by atoms with Crippen LogP contribution in [-0.4, -0.2) is 186 Å². The van der Waals surface area contributed by atoms with Crippen molar-refractivity contribution < 1.29 is 81.9 Å². The maximum Gasteiger partial charge on any atom is 0.340 e. The van der Waals surface area contributed by atoms with Gasteiger partial charge in [-0.2, -0.15) is 0 Å². The van der Waals surface area contributed by atoms with Crippen molar-refractivity contribution in [2.75, 3.05) is 42.4 Å². The Morgan fingerprint density at radius 3 is 1.86 bits per heavy atom. The zero-order valence-electron chi connectivity index (χ0n) is 56.2. The van der Waals surface area contributed by atoms with E-state index in [1.165, 1.54) is 32.9 Å². The zero-order valence-corrected chi connectivity index (χ0v) is 56.2. The number of hydrogen-bond donors (Lipinski definition) is 3. The van der Waals surface area contributed by atoms with Crippen LogP contribution in [0.2, 0.25) is 0 Å². The normalized spacial score (nSPS) is 36.3. The van der Waals surface area contributed by atoms with Gasteiger partial charge in [-0.1, -0.05) is 62.8 Å². The summed E-state index contributed by atoms with van der Waals surface area (Å²) in [6.45, 7) is 35.6. The Morgan fingerprint density at radius 2 is 1.38 bits per heavy atom. The summed E-state index contributed by atoms with van der Waals surface area (Å²) in [4.78, 5) is 71.3. The minimum Gasteiger partial charge on any atom is -0.458 e. The lowest BCUT2D eigenvalue weighted by Crippen LogP contribution is -2.57. The first kappa shape index (κ1) is 77.6. The summed E-state index contributed by atoms with van der Waals surface area (Å²) in [5.41, 5.74) is -4.19. The molecule has 0 saturated carbocycles. The maximum atomic E-state index is 13.8. The van der Waals surface area contributed by atoms with Gasteiger partial charge in [0, 0.05) is 75.7 Å². The van der Waals surface area contributed by atoms with Crippen molar-refractivity contribution >= 4 is 29.3 Å². The van der Waals surface area contributed by atoms with E-state index in [4.69, 9.17) is 42.6 Å². The summed E-state index contributed by atoms with van der Waals surface area (Å²) in [5, 5.41) is 32.2. The summed E-state index contributed by atoms with van der Waals surface area (Å²) < 4.78 is 55.9. The predicted molar refractivity (Wildman–Crippen MR) is 328 cm³/mol. The molecule has 0 aromatic rings. The number of carbonyl (C=O) groups is 5. The smallest absolute Gasteiger partial charge is 0.340 e. The largest absolute Gasteiger partial charge is 0.458 e. The first-order chi connectivity index (χ1) is 38.5. The van der Waals surface area contributed by atoms with E-state index in [-0.39, 0.29) is 73.7 Å². The molecule has 3 N–H and O–H groups in total. The molecule has 0 amide bonds. The Kier molecular flexibility index (Phi) is 28.6. The fourth-order valence-electron chi connectivity index (χ4n) is 13.1. The van der Waals surface area contributed by atoms with Crippen molar-refractivity contribution in [2.45, 2.75) is 274 Å². The fraction of sp³-hybridized carbons (Fsp3) is 0.833. The fourth-order valence-corrected chi connectivity index (χ4v) is 13.1. The second kappa shape index (κ2) is 31.3. The van der Waals surface area contributed by atoms with Gasteiger partial charge in [-0.25, -0.2) is 4.79 Å². The van der Waals surface area contributed by atoms with Gasteiger partial charge >= 0.3 is 11.9 Å². The first-order valence-electron chi connectivity index (χ1n) is 30.5. The topological polar surface area (TPSA) is 236 Å². The summed E-state index contributed by atoms with van der Waals surface area (Å²) in [5.74, 6) is -6.05. The molecule has 2 saturated heterocycles. The lowest BCUT2D eigenvalue weighted by atomic mass is 9.76. The molecule has 19 nitrogen and oxygen atoms in total. The Labute approximate surface area is 511 Å². The number of methoxy groups -OCH3 is 2. The molecule has 0 spiro atoms. The van der Waals surface area contributed by atoms with E-state index in [9.17, 15) is 39.3 Å². The number of nitrogens with zero attached hydrogens (tertiary/aromatic N) is 2. The van der Waals surface area contributed by atoms with E-state index in [0.717, 1.165) is 12.8 Å². The van der Waals surface area contributed by atoms with Gasteiger partial charge in [-0.05, 0) is 159 Å². The molecule has 0 aliphatic carbocycles. The number of allylic oxidation sites excluding steroid dienone is 2.